The van der Waals surface area contributed by atoms with Crippen molar-refractivity contribution >= 4 is 55.9 Å². The van der Waals surface area contributed by atoms with Crippen molar-refractivity contribution in [2.75, 3.05) is 39.3 Å². The number of amides is 2. The number of benzene rings is 1. The van der Waals surface area contributed by atoms with Crippen LogP contribution in [0.2, 0.25) is 0 Å². The second-order valence-corrected chi connectivity index (χ2v) is 11.4. The number of piperazine rings is 1. The van der Waals surface area contributed by atoms with Gasteiger partial charge in [0.15, 0.2) is 0 Å². The largest absolute Gasteiger partial charge is 0.325 e. The number of nitrogens with zero attached hydrogens (tertiary/aromatic N) is 3. The molecule has 1 aromatic carbocycles. The second-order valence-electron chi connectivity index (χ2n) is 8.18. The quantitative estimate of drug-likeness (QED) is 0.318. The Morgan fingerprint density at radius 1 is 0.939 bits per heavy atom. The van der Waals surface area contributed by atoms with Gasteiger partial charge in [0.2, 0.25) is 10.0 Å². The summed E-state index contributed by atoms with van der Waals surface area (Å²) in [4.78, 5) is 17.0. The number of sulfonamides is 1. The molecule has 0 radical (unpaired) electrons. The Labute approximate surface area is 213 Å². The zero-order valence-electron chi connectivity index (χ0n) is 19.4. The molecule has 2 rings (SSSR count). The van der Waals surface area contributed by atoms with E-state index >= 15 is 0 Å². The molecule has 0 unspecified atom stereocenters. The molecule has 1 saturated heterocycles. The zero-order chi connectivity index (χ0) is 24.4. The van der Waals surface area contributed by atoms with Gasteiger partial charge >= 0.3 is 6.03 Å². The van der Waals surface area contributed by atoms with Crippen LogP contribution in [0.25, 0.3) is 5.03 Å². The fourth-order valence-electron chi connectivity index (χ4n) is 3.78. The van der Waals surface area contributed by atoms with Crippen LogP contribution < -0.4 is 0 Å². The standard InChI is InChI=1S/C23H34Cl3N3O3S/c1-3-5-7-12-27(13-8-6-4-2)23(30)28-14-16-29(17-15-28)33(31,32)20-11-9-10-19(18-20)21(24)22(25)26/h9-11,18H,3-8,12-17H2,1-2H3. The SMILES string of the molecule is CCCCCN(CCCCC)C(=O)N1CCN(S(=O)(=O)c2cccc(C(Cl)=C(Cl)Cl)c2)CC1. The van der Waals surface area contributed by atoms with Crippen molar-refractivity contribution in [1.82, 2.24) is 14.1 Å². The minimum absolute atomic E-state index is 0.00919. The Morgan fingerprint density at radius 3 is 2.03 bits per heavy atom. The fourth-order valence-corrected chi connectivity index (χ4v) is 5.58. The van der Waals surface area contributed by atoms with E-state index in [1.165, 1.54) is 16.4 Å². The van der Waals surface area contributed by atoms with E-state index in [4.69, 9.17) is 34.8 Å². The summed E-state index contributed by atoms with van der Waals surface area (Å²) in [5.41, 5.74) is 0.432. The van der Waals surface area contributed by atoms with E-state index in [1.54, 1.807) is 17.0 Å². The van der Waals surface area contributed by atoms with Gasteiger partial charge in [0.1, 0.15) is 4.49 Å². The predicted molar refractivity (Wildman–Crippen MR) is 137 cm³/mol. The van der Waals surface area contributed by atoms with Crippen molar-refractivity contribution in [2.24, 2.45) is 0 Å². The van der Waals surface area contributed by atoms with E-state index < -0.39 is 10.0 Å². The van der Waals surface area contributed by atoms with E-state index in [2.05, 4.69) is 13.8 Å². The Morgan fingerprint density at radius 2 is 1.52 bits per heavy atom. The summed E-state index contributed by atoms with van der Waals surface area (Å²) in [5, 5.41) is 0.0945. The van der Waals surface area contributed by atoms with Gasteiger partial charge in [-0.2, -0.15) is 4.31 Å². The molecule has 1 aliphatic heterocycles. The summed E-state index contributed by atoms with van der Waals surface area (Å²) in [6.45, 7) is 7.01. The average Bonchev–Trinajstić information content (AvgIpc) is 2.82. The molecule has 0 saturated carbocycles. The molecular formula is C23H34Cl3N3O3S. The monoisotopic (exact) mass is 537 g/mol. The summed E-state index contributed by atoms with van der Waals surface area (Å²) < 4.78 is 27.6. The summed E-state index contributed by atoms with van der Waals surface area (Å²) >= 11 is 17.6. The highest BCUT2D eigenvalue weighted by molar-refractivity contribution is 7.89. The van der Waals surface area contributed by atoms with Crippen molar-refractivity contribution < 1.29 is 13.2 Å². The van der Waals surface area contributed by atoms with Crippen molar-refractivity contribution in [3.63, 3.8) is 0 Å². The molecule has 0 atom stereocenters. The van der Waals surface area contributed by atoms with Gasteiger partial charge in [-0.1, -0.05) is 86.5 Å². The smallest absolute Gasteiger partial charge is 0.320 e. The third-order valence-corrected chi connectivity index (χ3v) is 8.61. The third-order valence-electron chi connectivity index (χ3n) is 5.73. The highest BCUT2D eigenvalue weighted by atomic mass is 35.5. The van der Waals surface area contributed by atoms with E-state index in [0.29, 0.717) is 18.7 Å². The summed E-state index contributed by atoms with van der Waals surface area (Å²) in [6, 6.07) is 6.24. The van der Waals surface area contributed by atoms with Gasteiger partial charge in [0, 0.05) is 39.3 Å². The van der Waals surface area contributed by atoms with Crippen LogP contribution in [-0.4, -0.2) is 67.8 Å². The van der Waals surface area contributed by atoms with Crippen LogP contribution >= 0.6 is 34.8 Å². The van der Waals surface area contributed by atoms with Crippen LogP contribution in [0.3, 0.4) is 0 Å². The number of carbonyl (C=O) groups is 1. The molecule has 0 bridgehead atoms. The summed E-state index contributed by atoms with van der Waals surface area (Å²) in [5.74, 6) is 0. The maximum absolute atomic E-state index is 13.2. The van der Waals surface area contributed by atoms with Crippen molar-refractivity contribution in [3.8, 4) is 0 Å². The maximum atomic E-state index is 13.2. The average molecular weight is 539 g/mol. The van der Waals surface area contributed by atoms with Gasteiger partial charge in [0.25, 0.3) is 0 Å². The third kappa shape index (κ3) is 8.03. The Kier molecular flexibility index (Phi) is 11.8. The van der Waals surface area contributed by atoms with Gasteiger partial charge < -0.3 is 9.80 Å². The lowest BCUT2D eigenvalue weighted by Gasteiger charge is -2.37. The van der Waals surface area contributed by atoms with Crippen LogP contribution in [0.4, 0.5) is 4.79 Å². The number of unbranched alkanes of at least 4 members (excludes halogenated alkanes) is 4. The van der Waals surface area contributed by atoms with Crippen LogP contribution in [0.1, 0.15) is 57.9 Å². The molecule has 1 fully saturated rings. The number of rotatable bonds is 11. The van der Waals surface area contributed by atoms with Crippen molar-refractivity contribution in [2.45, 2.75) is 57.3 Å². The van der Waals surface area contributed by atoms with E-state index in [9.17, 15) is 13.2 Å². The minimum Gasteiger partial charge on any atom is -0.325 e. The molecule has 0 N–H and O–H groups in total. The first kappa shape index (κ1) is 28.2. The minimum atomic E-state index is -3.73. The first-order valence-electron chi connectivity index (χ1n) is 11.6. The lowest BCUT2D eigenvalue weighted by atomic mass is 10.2. The Bertz CT molecular complexity index is 903. The molecule has 2 amide bonds. The highest BCUT2D eigenvalue weighted by Crippen LogP contribution is 2.30. The maximum Gasteiger partial charge on any atom is 0.320 e. The molecule has 6 nitrogen and oxygen atoms in total. The van der Waals surface area contributed by atoms with Gasteiger partial charge in [0.05, 0.1) is 9.93 Å². The van der Waals surface area contributed by atoms with Gasteiger partial charge in [-0.05, 0) is 30.5 Å². The van der Waals surface area contributed by atoms with Crippen LogP contribution in [0, 0.1) is 0 Å². The molecule has 0 aromatic heterocycles. The second kappa shape index (κ2) is 13.8. The highest BCUT2D eigenvalue weighted by Gasteiger charge is 2.31. The van der Waals surface area contributed by atoms with Crippen molar-refractivity contribution in [1.29, 1.82) is 0 Å². The molecule has 1 heterocycles. The van der Waals surface area contributed by atoms with Gasteiger partial charge in [-0.3, -0.25) is 0 Å². The molecular weight excluding hydrogens is 505 g/mol. The normalized spacial score (nSPS) is 14.9. The first-order valence-corrected chi connectivity index (χ1v) is 14.1. The molecule has 186 valence electrons. The van der Waals surface area contributed by atoms with Crippen LogP contribution in [0.15, 0.2) is 33.7 Å². The Balaban J connectivity index is 2.05. The summed E-state index contributed by atoms with van der Waals surface area (Å²) in [6.07, 6.45) is 6.37. The van der Waals surface area contributed by atoms with Crippen LogP contribution in [0.5, 0.6) is 0 Å². The van der Waals surface area contributed by atoms with E-state index in [-0.39, 0.29) is 33.5 Å². The molecule has 1 aromatic rings. The lowest BCUT2D eigenvalue weighted by molar-refractivity contribution is 0.132. The van der Waals surface area contributed by atoms with Crippen LogP contribution in [-0.2, 0) is 10.0 Å². The fraction of sp³-hybridized carbons (Fsp3) is 0.609. The van der Waals surface area contributed by atoms with Gasteiger partial charge in [-0.15, -0.1) is 0 Å². The zero-order valence-corrected chi connectivity index (χ0v) is 22.5. The summed E-state index contributed by atoms with van der Waals surface area (Å²) in [7, 11) is -3.73. The number of carbonyl (C=O) groups excluding carboxylic acids is 1. The molecule has 0 aliphatic carbocycles. The lowest BCUT2D eigenvalue weighted by Crippen LogP contribution is -2.54. The van der Waals surface area contributed by atoms with Gasteiger partial charge in [-0.25, -0.2) is 13.2 Å². The Hall–Kier alpha value is -0.990. The number of hydrogen-bond donors (Lipinski definition) is 0. The van der Waals surface area contributed by atoms with E-state index in [0.717, 1.165) is 51.6 Å². The predicted octanol–water partition coefficient (Wildman–Crippen LogP) is 6.14. The number of halogens is 3. The number of hydrogen-bond acceptors (Lipinski definition) is 3. The number of urea groups is 1. The molecule has 1 aliphatic rings. The van der Waals surface area contributed by atoms with Crippen molar-refractivity contribution in [3.05, 3.63) is 34.3 Å². The topological polar surface area (TPSA) is 60.9 Å². The van der Waals surface area contributed by atoms with E-state index in [1.807, 2.05) is 4.90 Å². The molecule has 10 heteroatoms. The molecule has 33 heavy (non-hydrogen) atoms. The molecule has 0 spiro atoms. The first-order chi connectivity index (χ1) is 15.7.